The molecule has 0 aromatic carbocycles. The van der Waals surface area contributed by atoms with Gasteiger partial charge in [0.05, 0.1) is 0 Å². The van der Waals surface area contributed by atoms with E-state index in [1.165, 1.54) is 38.5 Å². The zero-order valence-electron chi connectivity index (χ0n) is 15.4. The van der Waals surface area contributed by atoms with E-state index in [-0.39, 0.29) is 0 Å². The summed E-state index contributed by atoms with van der Waals surface area (Å²) in [5.74, 6) is 4.37. The molecule has 2 amide bonds. The van der Waals surface area contributed by atoms with E-state index in [0.29, 0.717) is 35.5 Å². The van der Waals surface area contributed by atoms with Gasteiger partial charge in [0.25, 0.3) is 0 Å². The van der Waals surface area contributed by atoms with E-state index in [1.54, 1.807) is 0 Å². The van der Waals surface area contributed by atoms with Crippen LogP contribution in [-0.2, 0) is 9.59 Å². The summed E-state index contributed by atoms with van der Waals surface area (Å²) in [5.41, 5.74) is 0. The molecule has 0 aromatic rings. The SMILES string of the molecule is O=C([C@H]1C[C@H]2CC[C@H]1C2)N1CCCN(C(=O)[C@@H]2C[C@H]3CC[C@H]2C3)CC1. The van der Waals surface area contributed by atoms with Crippen molar-refractivity contribution < 1.29 is 9.59 Å². The van der Waals surface area contributed by atoms with Gasteiger partial charge in [-0.05, 0) is 68.6 Å². The highest BCUT2D eigenvalue weighted by atomic mass is 16.2. The van der Waals surface area contributed by atoms with Gasteiger partial charge in [0, 0.05) is 38.0 Å². The van der Waals surface area contributed by atoms with E-state index in [1.807, 2.05) is 0 Å². The van der Waals surface area contributed by atoms with Gasteiger partial charge in [0.2, 0.25) is 11.8 Å². The molecular formula is C21H32N2O2. The van der Waals surface area contributed by atoms with Crippen LogP contribution < -0.4 is 0 Å². The van der Waals surface area contributed by atoms with Crippen LogP contribution in [0.15, 0.2) is 0 Å². The second-order valence-corrected chi connectivity index (χ2v) is 9.57. The highest BCUT2D eigenvalue weighted by Crippen LogP contribution is 2.50. The smallest absolute Gasteiger partial charge is 0.226 e. The number of hydrogen-bond donors (Lipinski definition) is 0. The first-order valence-corrected chi connectivity index (χ1v) is 10.8. The van der Waals surface area contributed by atoms with Gasteiger partial charge >= 0.3 is 0 Å². The van der Waals surface area contributed by atoms with E-state index in [0.717, 1.165) is 57.3 Å². The number of carbonyl (C=O) groups is 2. The minimum atomic E-state index is 0.298. The van der Waals surface area contributed by atoms with E-state index < -0.39 is 0 Å². The van der Waals surface area contributed by atoms with Crippen LogP contribution in [0.4, 0.5) is 0 Å². The number of rotatable bonds is 2. The van der Waals surface area contributed by atoms with Crippen LogP contribution in [0.25, 0.3) is 0 Å². The van der Waals surface area contributed by atoms with Crippen molar-refractivity contribution in [2.75, 3.05) is 26.2 Å². The lowest BCUT2D eigenvalue weighted by atomic mass is 9.87. The first-order valence-electron chi connectivity index (χ1n) is 10.8. The molecule has 5 fully saturated rings. The third-order valence-corrected chi connectivity index (χ3v) is 8.23. The van der Waals surface area contributed by atoms with Crippen LogP contribution in [-0.4, -0.2) is 47.8 Å². The third-order valence-electron chi connectivity index (χ3n) is 8.23. The molecule has 1 heterocycles. The van der Waals surface area contributed by atoms with Crippen molar-refractivity contribution in [3.63, 3.8) is 0 Å². The zero-order valence-corrected chi connectivity index (χ0v) is 15.4. The molecule has 5 aliphatic rings. The molecule has 0 radical (unpaired) electrons. The lowest BCUT2D eigenvalue weighted by Crippen LogP contribution is -2.43. The van der Waals surface area contributed by atoms with Gasteiger partial charge in [0.15, 0.2) is 0 Å². The number of carbonyl (C=O) groups excluding carboxylic acids is 2. The van der Waals surface area contributed by atoms with Crippen molar-refractivity contribution in [1.82, 2.24) is 9.80 Å². The maximum Gasteiger partial charge on any atom is 0.226 e. The molecule has 5 rings (SSSR count). The average Bonchev–Trinajstić information content (AvgIpc) is 3.39. The topological polar surface area (TPSA) is 40.6 Å². The summed E-state index contributed by atoms with van der Waals surface area (Å²) in [5, 5.41) is 0. The Labute approximate surface area is 151 Å². The highest BCUT2D eigenvalue weighted by molar-refractivity contribution is 5.81. The lowest BCUT2D eigenvalue weighted by Gasteiger charge is -2.30. The Hall–Kier alpha value is -1.06. The maximum atomic E-state index is 13.0. The molecule has 4 nitrogen and oxygen atoms in total. The lowest BCUT2D eigenvalue weighted by molar-refractivity contribution is -0.139. The molecule has 1 aliphatic heterocycles. The Morgan fingerprint density at radius 1 is 0.600 bits per heavy atom. The fourth-order valence-corrected chi connectivity index (χ4v) is 6.92. The monoisotopic (exact) mass is 344 g/mol. The van der Waals surface area contributed by atoms with Crippen LogP contribution in [0.2, 0.25) is 0 Å². The van der Waals surface area contributed by atoms with Gasteiger partial charge < -0.3 is 9.80 Å². The summed E-state index contributed by atoms with van der Waals surface area (Å²) < 4.78 is 0. The molecule has 4 heteroatoms. The molecule has 0 unspecified atom stereocenters. The number of amides is 2. The molecule has 6 atom stereocenters. The van der Waals surface area contributed by atoms with E-state index in [4.69, 9.17) is 0 Å². The molecule has 0 spiro atoms. The minimum absolute atomic E-state index is 0.298. The standard InChI is InChI=1S/C21H32N2O2/c24-20(18-12-14-2-4-16(18)10-14)22-6-1-7-23(9-8-22)21(25)19-13-15-3-5-17(19)11-15/h14-19H,1-13H2/t14-,15-,16-,17-,18-,19+/m0/s1. The summed E-state index contributed by atoms with van der Waals surface area (Å²) in [6.45, 7) is 3.24. The second-order valence-electron chi connectivity index (χ2n) is 9.57. The van der Waals surface area contributed by atoms with E-state index in [2.05, 4.69) is 9.80 Å². The van der Waals surface area contributed by atoms with Crippen LogP contribution in [0.5, 0.6) is 0 Å². The average molecular weight is 344 g/mol. The molecule has 25 heavy (non-hydrogen) atoms. The molecule has 0 N–H and O–H groups in total. The van der Waals surface area contributed by atoms with Crippen molar-refractivity contribution in [3.8, 4) is 0 Å². The van der Waals surface area contributed by atoms with Gasteiger partial charge in [-0.3, -0.25) is 9.59 Å². The van der Waals surface area contributed by atoms with Crippen molar-refractivity contribution >= 4 is 11.8 Å². The predicted octanol–water partition coefficient (Wildman–Crippen LogP) is 2.92. The third kappa shape index (κ3) is 2.80. The van der Waals surface area contributed by atoms with Gasteiger partial charge in [-0.15, -0.1) is 0 Å². The van der Waals surface area contributed by atoms with Crippen LogP contribution in [0.3, 0.4) is 0 Å². The van der Waals surface area contributed by atoms with E-state index in [9.17, 15) is 9.59 Å². The van der Waals surface area contributed by atoms with E-state index >= 15 is 0 Å². The normalized spacial score (nSPS) is 42.9. The fourth-order valence-electron chi connectivity index (χ4n) is 6.92. The Morgan fingerprint density at radius 3 is 1.44 bits per heavy atom. The largest absolute Gasteiger partial charge is 0.341 e. The first kappa shape index (κ1) is 16.1. The Morgan fingerprint density at radius 2 is 1.08 bits per heavy atom. The summed E-state index contributed by atoms with van der Waals surface area (Å²) in [7, 11) is 0. The molecule has 4 bridgehead atoms. The van der Waals surface area contributed by atoms with Crippen molar-refractivity contribution in [3.05, 3.63) is 0 Å². The summed E-state index contributed by atoms with van der Waals surface area (Å²) >= 11 is 0. The maximum absolute atomic E-state index is 13.0. The first-order chi connectivity index (χ1) is 12.2. The Kier molecular flexibility index (Phi) is 4.05. The highest BCUT2D eigenvalue weighted by Gasteiger charge is 2.46. The molecule has 0 aromatic heterocycles. The zero-order chi connectivity index (χ0) is 17.0. The fraction of sp³-hybridized carbons (Fsp3) is 0.905. The number of hydrogen-bond acceptors (Lipinski definition) is 2. The van der Waals surface area contributed by atoms with Crippen LogP contribution in [0.1, 0.15) is 57.8 Å². The van der Waals surface area contributed by atoms with Crippen molar-refractivity contribution in [1.29, 1.82) is 0 Å². The molecule has 4 saturated carbocycles. The van der Waals surface area contributed by atoms with Gasteiger partial charge in [-0.25, -0.2) is 0 Å². The predicted molar refractivity (Wildman–Crippen MR) is 95.7 cm³/mol. The minimum Gasteiger partial charge on any atom is -0.341 e. The number of fused-ring (bicyclic) bond motifs is 4. The quantitative estimate of drug-likeness (QED) is 0.773. The number of nitrogens with zero attached hydrogens (tertiary/aromatic N) is 2. The molecule has 1 saturated heterocycles. The summed E-state index contributed by atoms with van der Waals surface area (Å²) in [6.07, 6.45) is 11.0. The molecule has 4 aliphatic carbocycles. The molecule has 138 valence electrons. The van der Waals surface area contributed by atoms with Crippen molar-refractivity contribution in [2.45, 2.75) is 57.8 Å². The van der Waals surface area contributed by atoms with Gasteiger partial charge in [-0.1, -0.05) is 12.8 Å². The Balaban J connectivity index is 1.19. The van der Waals surface area contributed by atoms with Crippen LogP contribution in [0, 0.1) is 35.5 Å². The van der Waals surface area contributed by atoms with Crippen molar-refractivity contribution in [2.24, 2.45) is 35.5 Å². The van der Waals surface area contributed by atoms with Gasteiger partial charge in [0.1, 0.15) is 0 Å². The summed E-state index contributed by atoms with van der Waals surface area (Å²) in [4.78, 5) is 30.2. The Bertz CT molecular complexity index is 514. The summed E-state index contributed by atoms with van der Waals surface area (Å²) in [6, 6.07) is 0. The molecular weight excluding hydrogens is 312 g/mol. The second kappa shape index (κ2) is 6.28. The van der Waals surface area contributed by atoms with Gasteiger partial charge in [-0.2, -0.15) is 0 Å². The van der Waals surface area contributed by atoms with Crippen LogP contribution >= 0.6 is 0 Å².